The van der Waals surface area contributed by atoms with Crippen molar-refractivity contribution in [2.45, 2.75) is 0 Å². The number of amides is 1. The summed E-state index contributed by atoms with van der Waals surface area (Å²) < 4.78 is 0. The molecule has 0 unspecified atom stereocenters. The molecule has 0 aliphatic rings. The summed E-state index contributed by atoms with van der Waals surface area (Å²) in [6.45, 7) is 0.00852. The molecule has 0 fully saturated rings. The predicted molar refractivity (Wildman–Crippen MR) is 81.4 cm³/mol. The molecule has 7 nitrogen and oxygen atoms in total. The normalized spacial score (nSPS) is 9.59. The molecule has 110 valence electrons. The summed E-state index contributed by atoms with van der Waals surface area (Å²) >= 11 is 0. The molecule has 0 saturated heterocycles. The largest absolute Gasteiger partial charge is 0.376 e. The lowest BCUT2D eigenvalue weighted by molar-refractivity contribution is -0.384. The third kappa shape index (κ3) is 4.05. The molecule has 0 aliphatic carbocycles. The van der Waals surface area contributed by atoms with Gasteiger partial charge in [-0.25, -0.2) is 0 Å². The zero-order valence-corrected chi connectivity index (χ0v) is 11.4. The first-order chi connectivity index (χ1) is 10.6. The molecule has 2 aromatic carbocycles. The van der Waals surface area contributed by atoms with Gasteiger partial charge in [0, 0.05) is 23.5 Å². The highest BCUT2D eigenvalue weighted by molar-refractivity contribution is 5.94. The highest BCUT2D eigenvalue weighted by atomic mass is 16.6. The van der Waals surface area contributed by atoms with Crippen molar-refractivity contribution in [3.8, 4) is 6.07 Å². The number of hydrogen-bond acceptors (Lipinski definition) is 5. The summed E-state index contributed by atoms with van der Waals surface area (Å²) in [5, 5.41) is 24.8. The fourth-order valence-electron chi connectivity index (χ4n) is 1.75. The molecule has 2 aromatic rings. The van der Waals surface area contributed by atoms with Crippen LogP contribution >= 0.6 is 0 Å². The van der Waals surface area contributed by atoms with E-state index < -0.39 is 4.92 Å². The van der Waals surface area contributed by atoms with Gasteiger partial charge in [0.2, 0.25) is 5.91 Å². The minimum atomic E-state index is -0.523. The number of carbonyl (C=O) groups is 1. The Morgan fingerprint density at radius 2 is 1.91 bits per heavy atom. The number of nitriles is 1. The Bertz CT molecular complexity index is 735. The van der Waals surface area contributed by atoms with Crippen molar-refractivity contribution in [2.75, 3.05) is 17.2 Å². The molecule has 0 bridgehead atoms. The molecular formula is C15H12N4O3. The number of nitro groups is 1. The van der Waals surface area contributed by atoms with Crippen molar-refractivity contribution < 1.29 is 9.72 Å². The van der Waals surface area contributed by atoms with E-state index in [0.29, 0.717) is 16.9 Å². The topological polar surface area (TPSA) is 108 Å². The second-order valence-corrected chi connectivity index (χ2v) is 4.40. The molecule has 0 aliphatic heterocycles. The van der Waals surface area contributed by atoms with Gasteiger partial charge in [0.15, 0.2) is 0 Å². The average Bonchev–Trinajstić information content (AvgIpc) is 2.53. The summed E-state index contributed by atoms with van der Waals surface area (Å²) in [6.07, 6.45) is 0. The number of carbonyl (C=O) groups excluding carboxylic acids is 1. The summed E-state index contributed by atoms with van der Waals surface area (Å²) in [5.74, 6) is -0.329. The van der Waals surface area contributed by atoms with E-state index in [2.05, 4.69) is 10.6 Å². The molecular weight excluding hydrogens is 284 g/mol. The van der Waals surface area contributed by atoms with E-state index in [4.69, 9.17) is 5.26 Å². The van der Waals surface area contributed by atoms with Crippen LogP contribution in [0, 0.1) is 21.4 Å². The Kier molecular flexibility index (Phi) is 4.67. The van der Waals surface area contributed by atoms with E-state index in [-0.39, 0.29) is 18.1 Å². The van der Waals surface area contributed by atoms with Crippen LogP contribution in [0.2, 0.25) is 0 Å². The first kappa shape index (κ1) is 15.0. The highest BCUT2D eigenvalue weighted by Crippen LogP contribution is 2.17. The van der Waals surface area contributed by atoms with Crippen LogP contribution in [0.5, 0.6) is 0 Å². The van der Waals surface area contributed by atoms with Gasteiger partial charge in [-0.3, -0.25) is 14.9 Å². The van der Waals surface area contributed by atoms with Crippen molar-refractivity contribution in [3.05, 3.63) is 64.2 Å². The number of nitro benzene ring substituents is 1. The van der Waals surface area contributed by atoms with Gasteiger partial charge >= 0.3 is 0 Å². The van der Waals surface area contributed by atoms with Crippen LogP contribution in [0.4, 0.5) is 17.1 Å². The van der Waals surface area contributed by atoms with Crippen LogP contribution in [0.3, 0.4) is 0 Å². The van der Waals surface area contributed by atoms with Gasteiger partial charge in [0.1, 0.15) is 0 Å². The zero-order chi connectivity index (χ0) is 15.9. The van der Waals surface area contributed by atoms with E-state index in [0.717, 1.165) is 0 Å². The summed E-state index contributed by atoms with van der Waals surface area (Å²) in [7, 11) is 0. The quantitative estimate of drug-likeness (QED) is 0.651. The Morgan fingerprint density at radius 3 is 2.55 bits per heavy atom. The molecule has 0 heterocycles. The van der Waals surface area contributed by atoms with Crippen LogP contribution in [-0.4, -0.2) is 17.4 Å². The fourth-order valence-corrected chi connectivity index (χ4v) is 1.75. The van der Waals surface area contributed by atoms with Crippen molar-refractivity contribution in [2.24, 2.45) is 0 Å². The van der Waals surface area contributed by atoms with E-state index in [1.165, 1.54) is 18.2 Å². The molecule has 0 radical (unpaired) electrons. The average molecular weight is 296 g/mol. The van der Waals surface area contributed by atoms with Gasteiger partial charge in [-0.15, -0.1) is 0 Å². The smallest absolute Gasteiger partial charge is 0.271 e. The first-order valence-electron chi connectivity index (χ1n) is 6.37. The zero-order valence-electron chi connectivity index (χ0n) is 11.4. The Hall–Kier alpha value is -3.40. The molecule has 0 spiro atoms. The monoisotopic (exact) mass is 296 g/mol. The Labute approximate surface area is 126 Å². The lowest BCUT2D eigenvalue weighted by atomic mass is 10.2. The second kappa shape index (κ2) is 6.85. The van der Waals surface area contributed by atoms with E-state index >= 15 is 0 Å². The highest BCUT2D eigenvalue weighted by Gasteiger charge is 2.08. The van der Waals surface area contributed by atoms with Crippen LogP contribution in [-0.2, 0) is 4.79 Å². The second-order valence-electron chi connectivity index (χ2n) is 4.40. The molecule has 2 rings (SSSR count). The molecule has 0 saturated carbocycles. The SMILES string of the molecule is N#Cc1ccc(NCC(=O)Nc2cccc([N+](=O)[O-])c2)cc1. The number of nitrogens with zero attached hydrogens (tertiary/aromatic N) is 2. The van der Waals surface area contributed by atoms with Crippen LogP contribution in [0.25, 0.3) is 0 Å². The van der Waals surface area contributed by atoms with Crippen molar-refractivity contribution >= 4 is 23.0 Å². The molecule has 22 heavy (non-hydrogen) atoms. The summed E-state index contributed by atoms with van der Waals surface area (Å²) in [6, 6.07) is 14.4. The third-order valence-electron chi connectivity index (χ3n) is 2.81. The summed E-state index contributed by atoms with van der Waals surface area (Å²) in [4.78, 5) is 21.9. The molecule has 1 amide bonds. The maximum absolute atomic E-state index is 11.8. The van der Waals surface area contributed by atoms with Crippen LogP contribution in [0.1, 0.15) is 5.56 Å². The summed E-state index contributed by atoms with van der Waals surface area (Å²) in [5.41, 5.74) is 1.51. The standard InChI is InChI=1S/C15H12N4O3/c16-9-11-4-6-12(7-5-11)17-10-15(20)18-13-2-1-3-14(8-13)19(21)22/h1-8,17H,10H2,(H,18,20). The van der Waals surface area contributed by atoms with Crippen LogP contribution < -0.4 is 10.6 Å². The van der Waals surface area contributed by atoms with Gasteiger partial charge in [-0.1, -0.05) is 6.07 Å². The van der Waals surface area contributed by atoms with Gasteiger partial charge in [-0.2, -0.15) is 5.26 Å². The number of rotatable bonds is 5. The maximum Gasteiger partial charge on any atom is 0.271 e. The number of non-ortho nitro benzene ring substituents is 1. The fraction of sp³-hybridized carbons (Fsp3) is 0.0667. The number of nitrogens with one attached hydrogen (secondary N) is 2. The Morgan fingerprint density at radius 1 is 1.18 bits per heavy atom. The number of anilines is 2. The maximum atomic E-state index is 11.8. The molecule has 2 N–H and O–H groups in total. The third-order valence-corrected chi connectivity index (χ3v) is 2.81. The predicted octanol–water partition coefficient (Wildman–Crippen LogP) is 2.52. The minimum absolute atomic E-state index is 0.00852. The number of hydrogen-bond donors (Lipinski definition) is 2. The van der Waals surface area contributed by atoms with Gasteiger partial charge in [-0.05, 0) is 30.3 Å². The van der Waals surface area contributed by atoms with Gasteiger partial charge in [0.05, 0.1) is 23.1 Å². The minimum Gasteiger partial charge on any atom is -0.376 e. The van der Waals surface area contributed by atoms with E-state index in [1.807, 2.05) is 6.07 Å². The molecule has 7 heteroatoms. The van der Waals surface area contributed by atoms with Crippen LogP contribution in [0.15, 0.2) is 48.5 Å². The van der Waals surface area contributed by atoms with Crippen molar-refractivity contribution in [1.82, 2.24) is 0 Å². The van der Waals surface area contributed by atoms with Crippen molar-refractivity contribution in [1.29, 1.82) is 5.26 Å². The van der Waals surface area contributed by atoms with Gasteiger partial charge in [0.25, 0.3) is 5.69 Å². The first-order valence-corrected chi connectivity index (χ1v) is 6.37. The van der Waals surface area contributed by atoms with E-state index in [9.17, 15) is 14.9 Å². The Balaban J connectivity index is 1.91. The lowest BCUT2D eigenvalue weighted by Crippen LogP contribution is -2.21. The van der Waals surface area contributed by atoms with Gasteiger partial charge < -0.3 is 10.6 Å². The van der Waals surface area contributed by atoms with E-state index in [1.54, 1.807) is 30.3 Å². The number of benzene rings is 2. The molecule has 0 aromatic heterocycles. The lowest BCUT2D eigenvalue weighted by Gasteiger charge is -2.07. The van der Waals surface area contributed by atoms with Crippen molar-refractivity contribution in [3.63, 3.8) is 0 Å². The molecule has 0 atom stereocenters.